The van der Waals surface area contributed by atoms with Crippen molar-refractivity contribution in [2.75, 3.05) is 6.61 Å². The van der Waals surface area contributed by atoms with Crippen LogP contribution in [0.4, 0.5) is 8.78 Å². The molecule has 22 heavy (non-hydrogen) atoms. The summed E-state index contributed by atoms with van der Waals surface area (Å²) in [7, 11) is 0. The van der Waals surface area contributed by atoms with Gasteiger partial charge in [-0.05, 0) is 42.2 Å². The molecule has 0 aliphatic carbocycles. The lowest BCUT2D eigenvalue weighted by Gasteiger charge is -2.14. The van der Waals surface area contributed by atoms with Gasteiger partial charge in [0.2, 0.25) is 0 Å². The third-order valence-electron chi connectivity index (χ3n) is 3.20. The molecule has 2 aromatic rings. The van der Waals surface area contributed by atoms with Gasteiger partial charge in [-0.15, -0.1) is 0 Å². The van der Waals surface area contributed by atoms with Gasteiger partial charge in [0.1, 0.15) is 21.9 Å². The van der Waals surface area contributed by atoms with Crippen LogP contribution >= 0.6 is 23.2 Å². The molecule has 0 aliphatic heterocycles. The Morgan fingerprint density at radius 2 is 1.86 bits per heavy atom. The van der Waals surface area contributed by atoms with Gasteiger partial charge in [0.05, 0.1) is 12.7 Å². The van der Waals surface area contributed by atoms with E-state index in [9.17, 15) is 13.9 Å². The lowest BCUT2D eigenvalue weighted by molar-refractivity contribution is 0.0886. The molecule has 0 spiro atoms. The zero-order valence-corrected chi connectivity index (χ0v) is 12.9. The number of nitrogens with zero attached hydrogens (tertiary/aromatic N) is 1. The summed E-state index contributed by atoms with van der Waals surface area (Å²) < 4.78 is 27.1. The van der Waals surface area contributed by atoms with E-state index < -0.39 is 17.7 Å². The molecule has 1 aromatic heterocycles. The number of hydrogen-bond donors (Lipinski definition) is 2. The molecule has 1 unspecified atom stereocenters. The van der Waals surface area contributed by atoms with Crippen LogP contribution in [0.1, 0.15) is 12.0 Å². The van der Waals surface area contributed by atoms with Crippen LogP contribution in [-0.2, 0) is 6.42 Å². The van der Waals surface area contributed by atoms with Crippen LogP contribution in [0.15, 0.2) is 24.3 Å². The fourth-order valence-corrected chi connectivity index (χ4v) is 2.62. The van der Waals surface area contributed by atoms with Crippen molar-refractivity contribution >= 4 is 23.2 Å². The Hall–Kier alpha value is -1.27. The largest absolute Gasteiger partial charge is 0.394 e. The Morgan fingerprint density at radius 1 is 1.14 bits per heavy atom. The predicted octanol–water partition coefficient (Wildman–Crippen LogP) is 3.62. The average molecular weight is 348 g/mol. The monoisotopic (exact) mass is 347 g/mol. The maximum atomic E-state index is 14.0. The molecule has 0 saturated heterocycles. The quantitative estimate of drug-likeness (QED) is 0.812. The summed E-state index contributed by atoms with van der Waals surface area (Å²) in [5.41, 5.74) is 0.998. The molecule has 7 heteroatoms. The molecule has 3 nitrogen and oxygen atoms in total. The smallest absolute Gasteiger partial charge is 0.134 e. The highest BCUT2D eigenvalue weighted by Crippen LogP contribution is 2.33. The SMILES string of the molecule is OCC(O)CCc1c(-c2ccc(F)cc2F)cc(Cl)nc1Cl. The van der Waals surface area contributed by atoms with Crippen LogP contribution in [0.5, 0.6) is 0 Å². The van der Waals surface area contributed by atoms with Gasteiger partial charge in [-0.3, -0.25) is 0 Å². The second-order valence-electron chi connectivity index (χ2n) is 4.76. The molecule has 1 atom stereocenters. The first-order valence-electron chi connectivity index (χ1n) is 6.51. The van der Waals surface area contributed by atoms with Gasteiger partial charge in [-0.2, -0.15) is 0 Å². The highest BCUT2D eigenvalue weighted by molar-refractivity contribution is 6.33. The Labute approximate surface area is 136 Å². The van der Waals surface area contributed by atoms with Gasteiger partial charge >= 0.3 is 0 Å². The van der Waals surface area contributed by atoms with E-state index in [-0.39, 0.29) is 35.3 Å². The molecule has 1 aromatic carbocycles. The molecular formula is C15H13Cl2F2NO2. The van der Waals surface area contributed by atoms with Crippen molar-refractivity contribution in [1.29, 1.82) is 0 Å². The van der Waals surface area contributed by atoms with Gasteiger partial charge < -0.3 is 10.2 Å². The van der Waals surface area contributed by atoms with Crippen molar-refractivity contribution in [3.8, 4) is 11.1 Å². The van der Waals surface area contributed by atoms with Crippen molar-refractivity contribution in [1.82, 2.24) is 4.98 Å². The minimum absolute atomic E-state index is 0.0789. The summed E-state index contributed by atoms with van der Waals surface area (Å²) in [6, 6.07) is 4.62. The second-order valence-corrected chi connectivity index (χ2v) is 5.51. The van der Waals surface area contributed by atoms with E-state index >= 15 is 0 Å². The van der Waals surface area contributed by atoms with Crippen molar-refractivity contribution in [2.45, 2.75) is 18.9 Å². The minimum Gasteiger partial charge on any atom is -0.394 e. The van der Waals surface area contributed by atoms with Crippen LogP contribution in [0.3, 0.4) is 0 Å². The minimum atomic E-state index is -0.919. The van der Waals surface area contributed by atoms with Crippen molar-refractivity contribution in [3.63, 3.8) is 0 Å². The van der Waals surface area contributed by atoms with E-state index in [0.29, 0.717) is 11.1 Å². The number of halogens is 4. The molecule has 0 radical (unpaired) electrons. The summed E-state index contributed by atoms with van der Waals surface area (Å²) in [6.45, 7) is -0.390. The van der Waals surface area contributed by atoms with Crippen LogP contribution in [0.25, 0.3) is 11.1 Å². The second kappa shape index (κ2) is 7.33. The van der Waals surface area contributed by atoms with Crippen LogP contribution in [-0.4, -0.2) is 27.9 Å². The number of rotatable bonds is 5. The molecular weight excluding hydrogens is 335 g/mol. The fourth-order valence-electron chi connectivity index (χ4n) is 2.10. The van der Waals surface area contributed by atoms with Crippen LogP contribution < -0.4 is 0 Å². The number of benzene rings is 1. The van der Waals surface area contributed by atoms with E-state index in [1.54, 1.807) is 0 Å². The highest BCUT2D eigenvalue weighted by atomic mass is 35.5. The lowest BCUT2D eigenvalue weighted by Crippen LogP contribution is -2.13. The normalized spacial score (nSPS) is 12.5. The third-order valence-corrected chi connectivity index (χ3v) is 3.71. The first kappa shape index (κ1) is 17.1. The maximum absolute atomic E-state index is 14.0. The van der Waals surface area contributed by atoms with Crippen molar-refractivity contribution in [2.24, 2.45) is 0 Å². The molecule has 0 fully saturated rings. The lowest BCUT2D eigenvalue weighted by atomic mass is 9.97. The van der Waals surface area contributed by atoms with E-state index in [2.05, 4.69) is 4.98 Å². The zero-order valence-electron chi connectivity index (χ0n) is 11.4. The number of pyridine rings is 1. The Bertz CT molecular complexity index is 683. The predicted molar refractivity (Wildman–Crippen MR) is 81.0 cm³/mol. The maximum Gasteiger partial charge on any atom is 0.134 e. The molecule has 0 saturated carbocycles. The zero-order chi connectivity index (χ0) is 16.3. The number of aliphatic hydroxyl groups is 2. The van der Waals surface area contributed by atoms with Crippen LogP contribution in [0.2, 0.25) is 10.3 Å². The van der Waals surface area contributed by atoms with Gasteiger partial charge in [0.25, 0.3) is 0 Å². The molecule has 2 rings (SSSR count). The number of aromatic nitrogens is 1. The summed E-state index contributed by atoms with van der Waals surface area (Å²) >= 11 is 11.9. The Morgan fingerprint density at radius 3 is 2.50 bits per heavy atom. The van der Waals surface area contributed by atoms with Gasteiger partial charge in [0, 0.05) is 11.6 Å². The Kier molecular flexibility index (Phi) is 5.69. The summed E-state index contributed by atoms with van der Waals surface area (Å²) in [5.74, 6) is -1.44. The van der Waals surface area contributed by atoms with E-state index in [1.165, 1.54) is 12.1 Å². The summed E-state index contributed by atoms with van der Waals surface area (Å²) in [6.07, 6.45) is -0.440. The third kappa shape index (κ3) is 3.93. The van der Waals surface area contributed by atoms with E-state index in [1.807, 2.05) is 0 Å². The summed E-state index contributed by atoms with van der Waals surface area (Å²) in [4.78, 5) is 3.90. The first-order chi connectivity index (χ1) is 10.4. The number of hydrogen-bond acceptors (Lipinski definition) is 3. The average Bonchev–Trinajstić information content (AvgIpc) is 2.45. The van der Waals surface area contributed by atoms with Crippen molar-refractivity contribution in [3.05, 3.63) is 51.8 Å². The van der Waals surface area contributed by atoms with Gasteiger partial charge in [-0.1, -0.05) is 23.2 Å². The highest BCUT2D eigenvalue weighted by Gasteiger charge is 2.17. The molecule has 118 valence electrons. The topological polar surface area (TPSA) is 53.4 Å². The Balaban J connectivity index is 2.49. The molecule has 0 amide bonds. The first-order valence-corrected chi connectivity index (χ1v) is 7.27. The van der Waals surface area contributed by atoms with E-state index in [4.69, 9.17) is 28.3 Å². The molecule has 0 aliphatic rings. The van der Waals surface area contributed by atoms with Gasteiger partial charge in [-0.25, -0.2) is 13.8 Å². The molecule has 2 N–H and O–H groups in total. The summed E-state index contributed by atoms with van der Waals surface area (Å²) in [5, 5.41) is 18.5. The fraction of sp³-hybridized carbons (Fsp3) is 0.267. The van der Waals surface area contributed by atoms with Crippen molar-refractivity contribution < 1.29 is 19.0 Å². The molecule has 1 heterocycles. The molecule has 0 bridgehead atoms. The standard InChI is InChI=1S/C15H13Cl2F2NO2/c16-14-6-12(10-3-1-8(18)5-13(10)19)11(15(17)20-14)4-2-9(22)7-21/h1,3,5-6,9,21-22H,2,4,7H2. The van der Waals surface area contributed by atoms with Crippen LogP contribution in [0, 0.1) is 11.6 Å². The number of aliphatic hydroxyl groups excluding tert-OH is 2. The van der Waals surface area contributed by atoms with E-state index in [0.717, 1.165) is 12.1 Å². The van der Waals surface area contributed by atoms with Gasteiger partial charge in [0.15, 0.2) is 0 Å².